The second-order valence-corrected chi connectivity index (χ2v) is 16.1. The summed E-state index contributed by atoms with van der Waals surface area (Å²) in [7, 11) is -9.33. The molecule has 10 nitrogen and oxygen atoms in total. The summed E-state index contributed by atoms with van der Waals surface area (Å²) >= 11 is 0. The molecule has 0 aromatic heterocycles. The summed E-state index contributed by atoms with van der Waals surface area (Å²) in [4.78, 5) is -1.36. The molecular formula is C42H54CaO10S2. The summed E-state index contributed by atoms with van der Waals surface area (Å²) < 4.78 is 76.3. The van der Waals surface area contributed by atoms with Crippen molar-refractivity contribution in [1.29, 1.82) is 0 Å². The van der Waals surface area contributed by atoms with Gasteiger partial charge in [-0.1, -0.05) is 127 Å². The van der Waals surface area contributed by atoms with E-state index < -0.39 is 41.5 Å². The Bertz CT molecular complexity index is 1810. The number of aromatic hydroxyl groups is 1. The molecule has 296 valence electrons. The van der Waals surface area contributed by atoms with Gasteiger partial charge in [-0.05, 0) is 91.1 Å². The molecule has 2 N–H and O–H groups in total. The zero-order chi connectivity index (χ0) is 39.4. The quantitative estimate of drug-likeness (QED) is 0.0441. The number of phenols is 1. The van der Waals surface area contributed by atoms with E-state index in [4.69, 9.17) is 14.0 Å². The van der Waals surface area contributed by atoms with Crippen LogP contribution in [0.25, 0.3) is 0 Å². The van der Waals surface area contributed by atoms with Gasteiger partial charge in [0.1, 0.15) is 32.3 Å². The second kappa shape index (κ2) is 25.4. The Labute approximate surface area is 357 Å². The normalized spacial score (nSPS) is 11.3. The number of ether oxygens (including phenoxy) is 2. The van der Waals surface area contributed by atoms with E-state index in [1.54, 1.807) is 12.1 Å². The van der Waals surface area contributed by atoms with Crippen LogP contribution in [0.3, 0.4) is 0 Å². The number of benzene rings is 4. The predicted molar refractivity (Wildman–Crippen MR) is 214 cm³/mol. The molecule has 0 amide bonds. The standard InChI is InChI=1S/2C21H28O5S.Ca/c2*1-2-3-4-5-6-7-8-11-17-12-9-13-18(16-17)26-19-14-10-15-20(21(19)22)27(23,24)25;/h2*9-10,12-16,22H,2-8,11H2,1H3,(H,23,24,25);/q;;+2/p-2. The molecular weight excluding hydrogens is 769 g/mol. The third-order valence-corrected chi connectivity index (χ3v) is 10.6. The Kier molecular flexibility index (Phi) is 22.3. The average Bonchev–Trinajstić information content (AvgIpc) is 3.12. The van der Waals surface area contributed by atoms with Gasteiger partial charge < -0.3 is 24.2 Å². The second-order valence-electron chi connectivity index (χ2n) is 13.4. The molecule has 4 aromatic carbocycles. The Morgan fingerprint density at radius 2 is 0.964 bits per heavy atom. The Morgan fingerprint density at radius 3 is 1.42 bits per heavy atom. The van der Waals surface area contributed by atoms with Crippen LogP contribution in [0.2, 0.25) is 0 Å². The molecule has 0 aliphatic rings. The van der Waals surface area contributed by atoms with Crippen LogP contribution in [0.1, 0.15) is 115 Å². The van der Waals surface area contributed by atoms with E-state index >= 15 is 0 Å². The van der Waals surface area contributed by atoms with Crippen molar-refractivity contribution in [2.45, 2.75) is 126 Å². The number of unbranched alkanes of at least 4 members (excludes halogenated alkanes) is 12. The van der Waals surface area contributed by atoms with Gasteiger partial charge in [0.15, 0.2) is 11.5 Å². The van der Waals surface area contributed by atoms with Crippen molar-refractivity contribution in [3.63, 3.8) is 0 Å². The molecule has 0 aliphatic carbocycles. The third-order valence-electron chi connectivity index (χ3n) is 8.84. The molecule has 0 spiro atoms. The maximum Gasteiger partial charge on any atom is 2.00 e. The first kappa shape index (κ1) is 48.3. The van der Waals surface area contributed by atoms with Crippen LogP contribution in [0, 0.1) is 0 Å². The number of phenolic OH excluding ortho intramolecular Hbond substituents is 1. The van der Waals surface area contributed by atoms with Crippen LogP contribution in [-0.2, 0) is 33.1 Å². The molecule has 0 fully saturated rings. The van der Waals surface area contributed by atoms with Gasteiger partial charge in [-0.3, -0.25) is 4.55 Å². The molecule has 0 saturated carbocycles. The van der Waals surface area contributed by atoms with Crippen molar-refractivity contribution in [2.24, 2.45) is 0 Å². The minimum absolute atomic E-state index is 0. The van der Waals surface area contributed by atoms with E-state index in [1.807, 2.05) is 36.4 Å². The monoisotopic (exact) mass is 822 g/mol. The maximum absolute atomic E-state index is 12.1. The zero-order valence-electron chi connectivity index (χ0n) is 32.1. The van der Waals surface area contributed by atoms with E-state index in [0.29, 0.717) is 11.5 Å². The smallest absolute Gasteiger partial charge is 0.869 e. The van der Waals surface area contributed by atoms with Gasteiger partial charge in [-0.25, -0.2) is 8.42 Å². The number of para-hydroxylation sites is 2. The van der Waals surface area contributed by atoms with Gasteiger partial charge in [0, 0.05) is 0 Å². The molecule has 13 heteroatoms. The fourth-order valence-electron chi connectivity index (χ4n) is 5.92. The van der Waals surface area contributed by atoms with Crippen LogP contribution in [0.15, 0.2) is 94.7 Å². The van der Waals surface area contributed by atoms with Gasteiger partial charge in [-0.2, -0.15) is 8.42 Å². The van der Waals surface area contributed by atoms with E-state index in [9.17, 15) is 31.6 Å². The van der Waals surface area contributed by atoms with E-state index in [1.165, 1.54) is 101 Å². The molecule has 0 atom stereocenters. The fourth-order valence-corrected chi connectivity index (χ4v) is 7.09. The molecule has 55 heavy (non-hydrogen) atoms. The Hall–Kier alpha value is -2.84. The average molecular weight is 823 g/mol. The van der Waals surface area contributed by atoms with Gasteiger partial charge in [0.25, 0.3) is 10.1 Å². The molecule has 0 unspecified atom stereocenters. The minimum Gasteiger partial charge on any atom is -0.869 e. The van der Waals surface area contributed by atoms with E-state index in [2.05, 4.69) is 13.8 Å². The number of hydrogen-bond acceptors (Lipinski definition) is 9. The van der Waals surface area contributed by atoms with Gasteiger partial charge in [-0.15, -0.1) is 0 Å². The fraction of sp³-hybridized carbons (Fsp3) is 0.429. The summed E-state index contributed by atoms with van der Waals surface area (Å²) in [5, 5.41) is 22.2. The largest absolute Gasteiger partial charge is 2.00 e. The van der Waals surface area contributed by atoms with Crippen molar-refractivity contribution in [2.75, 3.05) is 0 Å². The molecule has 0 saturated heterocycles. The molecule has 4 rings (SSSR count). The Balaban J connectivity index is 0.000000373. The topological polar surface area (TPSA) is 173 Å². The summed E-state index contributed by atoms with van der Waals surface area (Å²) in [5.74, 6) is -0.730. The van der Waals surface area contributed by atoms with Crippen LogP contribution in [0.4, 0.5) is 0 Å². The van der Waals surface area contributed by atoms with Crippen LogP contribution >= 0.6 is 0 Å². The molecule has 0 heterocycles. The summed E-state index contributed by atoms with van der Waals surface area (Å²) in [6, 6.07) is 22.6. The third kappa shape index (κ3) is 17.9. The molecule has 0 bridgehead atoms. The van der Waals surface area contributed by atoms with E-state index in [0.717, 1.165) is 48.9 Å². The predicted octanol–water partition coefficient (Wildman–Crippen LogP) is 10.1. The summed E-state index contributed by atoms with van der Waals surface area (Å²) in [6.45, 7) is 4.43. The minimum atomic E-state index is -4.82. The number of rotatable bonds is 22. The van der Waals surface area contributed by atoms with Crippen molar-refractivity contribution < 1.29 is 45.6 Å². The van der Waals surface area contributed by atoms with Crippen molar-refractivity contribution in [1.82, 2.24) is 0 Å². The first-order chi connectivity index (χ1) is 25.8. The Morgan fingerprint density at radius 1 is 0.564 bits per heavy atom. The van der Waals surface area contributed by atoms with Crippen LogP contribution < -0.4 is 14.6 Å². The first-order valence-electron chi connectivity index (χ1n) is 18.9. The van der Waals surface area contributed by atoms with Crippen LogP contribution in [0.5, 0.6) is 34.5 Å². The van der Waals surface area contributed by atoms with E-state index in [-0.39, 0.29) is 49.2 Å². The number of aryl methyl sites for hydroxylation is 2. The summed E-state index contributed by atoms with van der Waals surface area (Å²) in [6.07, 6.45) is 19.3. The zero-order valence-corrected chi connectivity index (χ0v) is 35.9. The van der Waals surface area contributed by atoms with Crippen molar-refractivity contribution in [3.8, 4) is 34.5 Å². The van der Waals surface area contributed by atoms with Gasteiger partial charge in [0.2, 0.25) is 0 Å². The van der Waals surface area contributed by atoms with Crippen molar-refractivity contribution in [3.05, 3.63) is 96.1 Å². The summed E-state index contributed by atoms with van der Waals surface area (Å²) in [5.41, 5.74) is 2.23. The number of hydrogen-bond donors (Lipinski definition) is 2. The van der Waals surface area contributed by atoms with Crippen molar-refractivity contribution >= 4 is 58.0 Å². The molecule has 0 radical (unpaired) electrons. The SMILES string of the molecule is CCCCCCCCCc1cccc(Oc2cccc(S(=O)(=O)O)c2O)c1.CCCCCCCCCc1cccc(Oc2cccc(S(=O)(=O)[O-])c2[O-])c1.[Ca+2]. The van der Waals surface area contributed by atoms with Gasteiger partial charge >= 0.3 is 37.7 Å². The molecule has 4 aromatic rings. The maximum atomic E-state index is 12.1. The van der Waals surface area contributed by atoms with Crippen LogP contribution in [-0.4, -0.2) is 68.8 Å². The van der Waals surface area contributed by atoms with Gasteiger partial charge in [0.05, 0.1) is 4.90 Å². The molecule has 0 aliphatic heterocycles. The first-order valence-corrected chi connectivity index (χ1v) is 21.8.